The van der Waals surface area contributed by atoms with E-state index < -0.39 is 0 Å². The molecule has 0 saturated heterocycles. The molecule has 0 aliphatic heterocycles. The molecule has 0 bridgehead atoms. The minimum Gasteiger partial charge on any atom is -0.309 e. The molecule has 0 spiro atoms. The van der Waals surface area contributed by atoms with Crippen LogP contribution in [0.15, 0.2) is 176 Å². The van der Waals surface area contributed by atoms with Crippen molar-refractivity contribution in [1.82, 2.24) is 14.5 Å². The Morgan fingerprint density at radius 2 is 0.962 bits per heavy atom. The van der Waals surface area contributed by atoms with Gasteiger partial charge in [0, 0.05) is 38.6 Å². The van der Waals surface area contributed by atoms with Crippen LogP contribution in [-0.4, -0.2) is 14.5 Å². The van der Waals surface area contributed by atoms with E-state index in [1.165, 1.54) is 49.7 Å². The van der Waals surface area contributed by atoms with Crippen LogP contribution >= 0.6 is 0 Å². The van der Waals surface area contributed by atoms with Gasteiger partial charge in [0.15, 0.2) is 5.82 Å². The lowest BCUT2D eigenvalue weighted by Gasteiger charge is -2.24. The first-order valence-electron chi connectivity index (χ1n) is 17.9. The van der Waals surface area contributed by atoms with Gasteiger partial charge in [0.2, 0.25) is 0 Å². The summed E-state index contributed by atoms with van der Waals surface area (Å²) in [6, 6.07) is 62.9. The molecule has 7 aromatic carbocycles. The molecule has 2 aromatic heterocycles. The van der Waals surface area contributed by atoms with Crippen molar-refractivity contribution in [1.29, 1.82) is 0 Å². The fourth-order valence-electron chi connectivity index (χ4n) is 8.36. The van der Waals surface area contributed by atoms with Gasteiger partial charge >= 0.3 is 0 Å². The van der Waals surface area contributed by atoms with Crippen molar-refractivity contribution in [2.75, 3.05) is 0 Å². The topological polar surface area (TPSA) is 30.7 Å². The van der Waals surface area contributed by atoms with Gasteiger partial charge in [-0.05, 0) is 75.8 Å². The second kappa shape index (κ2) is 11.8. The Kier molecular flexibility index (Phi) is 6.84. The van der Waals surface area contributed by atoms with E-state index in [-0.39, 0.29) is 5.41 Å². The van der Waals surface area contributed by atoms with Crippen molar-refractivity contribution in [3.8, 4) is 61.8 Å². The van der Waals surface area contributed by atoms with Gasteiger partial charge < -0.3 is 4.57 Å². The largest absolute Gasteiger partial charge is 0.309 e. The first-order chi connectivity index (χ1) is 25.5. The second-order valence-electron chi connectivity index (χ2n) is 14.2. The van der Waals surface area contributed by atoms with Crippen molar-refractivity contribution in [2.45, 2.75) is 19.3 Å². The predicted octanol–water partition coefficient (Wildman–Crippen LogP) is 12.5. The predicted molar refractivity (Wildman–Crippen MR) is 216 cm³/mol. The average molecular weight is 666 g/mol. The lowest BCUT2D eigenvalue weighted by Crippen LogP contribution is -2.16. The Balaban J connectivity index is 1.21. The van der Waals surface area contributed by atoms with E-state index in [0.29, 0.717) is 5.82 Å². The minimum atomic E-state index is -0.109. The van der Waals surface area contributed by atoms with Crippen LogP contribution in [0.2, 0.25) is 0 Å². The lowest BCUT2D eigenvalue weighted by atomic mass is 9.79. The zero-order valence-electron chi connectivity index (χ0n) is 29.1. The summed E-state index contributed by atoms with van der Waals surface area (Å²) in [6.07, 6.45) is 0. The summed E-state index contributed by atoms with van der Waals surface area (Å²) < 4.78 is 2.39. The highest BCUT2D eigenvalue weighted by Gasteiger charge is 2.37. The third-order valence-electron chi connectivity index (χ3n) is 10.8. The number of hydrogen-bond acceptors (Lipinski definition) is 2. The van der Waals surface area contributed by atoms with Crippen molar-refractivity contribution in [3.63, 3.8) is 0 Å². The number of aromatic nitrogens is 3. The number of fused-ring (bicyclic) bond motifs is 6. The molecular formula is C49H35N3. The molecule has 52 heavy (non-hydrogen) atoms. The Hall–Kier alpha value is -6.58. The van der Waals surface area contributed by atoms with Crippen LogP contribution < -0.4 is 0 Å². The first-order valence-corrected chi connectivity index (χ1v) is 17.9. The van der Waals surface area contributed by atoms with E-state index >= 15 is 0 Å². The molecule has 0 N–H and O–H groups in total. The quantitative estimate of drug-likeness (QED) is 0.183. The first kappa shape index (κ1) is 30.3. The Labute approximate surface area is 303 Å². The minimum absolute atomic E-state index is 0.109. The molecule has 1 aliphatic carbocycles. The molecule has 3 heteroatoms. The van der Waals surface area contributed by atoms with E-state index in [1.54, 1.807) is 0 Å². The Bertz CT molecular complexity index is 2740. The van der Waals surface area contributed by atoms with E-state index in [4.69, 9.17) is 9.97 Å². The fraction of sp³-hybridized carbons (Fsp3) is 0.0612. The molecular weight excluding hydrogens is 631 g/mol. The van der Waals surface area contributed by atoms with Crippen molar-refractivity contribution in [2.24, 2.45) is 0 Å². The van der Waals surface area contributed by atoms with Gasteiger partial charge in [-0.2, -0.15) is 0 Å². The van der Waals surface area contributed by atoms with Crippen molar-refractivity contribution >= 4 is 21.8 Å². The second-order valence-corrected chi connectivity index (χ2v) is 14.2. The summed E-state index contributed by atoms with van der Waals surface area (Å²) in [7, 11) is 0. The zero-order chi connectivity index (χ0) is 34.8. The lowest BCUT2D eigenvalue weighted by molar-refractivity contribution is 0.662. The van der Waals surface area contributed by atoms with Gasteiger partial charge in [-0.3, -0.25) is 0 Å². The number of benzene rings is 7. The molecule has 0 unspecified atom stereocenters. The molecule has 1 aliphatic rings. The maximum absolute atomic E-state index is 5.17. The summed E-state index contributed by atoms with van der Waals surface area (Å²) in [6.45, 7) is 4.73. The van der Waals surface area contributed by atoms with Gasteiger partial charge in [0.05, 0.1) is 22.4 Å². The molecule has 0 atom stereocenters. The number of nitrogens with zero attached hydrogens (tertiary/aromatic N) is 3. The van der Waals surface area contributed by atoms with Crippen LogP contribution in [0, 0.1) is 0 Å². The fourth-order valence-corrected chi connectivity index (χ4v) is 8.36. The number of rotatable bonds is 5. The molecule has 246 valence electrons. The van der Waals surface area contributed by atoms with Crippen molar-refractivity contribution in [3.05, 3.63) is 187 Å². The molecule has 0 saturated carbocycles. The summed E-state index contributed by atoms with van der Waals surface area (Å²) in [5.41, 5.74) is 16.2. The molecule has 2 heterocycles. The van der Waals surface area contributed by atoms with E-state index in [0.717, 1.165) is 39.3 Å². The van der Waals surface area contributed by atoms with Gasteiger partial charge in [-0.15, -0.1) is 0 Å². The zero-order valence-corrected chi connectivity index (χ0v) is 29.1. The Morgan fingerprint density at radius 1 is 0.423 bits per heavy atom. The average Bonchev–Trinajstić information content (AvgIpc) is 3.66. The normalized spacial score (nSPS) is 13.0. The monoisotopic (exact) mass is 665 g/mol. The molecule has 0 radical (unpaired) electrons. The smallest absolute Gasteiger partial charge is 0.160 e. The summed E-state index contributed by atoms with van der Waals surface area (Å²) in [5.74, 6) is 0.715. The highest BCUT2D eigenvalue weighted by atomic mass is 15.0. The van der Waals surface area contributed by atoms with E-state index in [1.807, 2.05) is 24.3 Å². The van der Waals surface area contributed by atoms with Gasteiger partial charge in [0.1, 0.15) is 0 Å². The molecule has 9 aromatic rings. The van der Waals surface area contributed by atoms with E-state index in [2.05, 4.69) is 170 Å². The van der Waals surface area contributed by atoms with Crippen LogP contribution in [0.25, 0.3) is 83.6 Å². The summed E-state index contributed by atoms with van der Waals surface area (Å²) in [5, 5.41) is 2.40. The SMILES string of the molecule is CC1(C)c2ccccc2-c2cccc(-c3ccc4c(c3)c3cc(-c5cc(-c6ccccc6)nc(-c6ccccc6)n5)ccc3n4-c3ccccc3)c21. The molecule has 0 amide bonds. The van der Waals surface area contributed by atoms with Gasteiger partial charge in [-0.1, -0.05) is 147 Å². The van der Waals surface area contributed by atoms with Crippen LogP contribution in [0.4, 0.5) is 0 Å². The third kappa shape index (κ3) is 4.74. The molecule has 10 rings (SSSR count). The number of para-hydroxylation sites is 1. The molecule has 3 nitrogen and oxygen atoms in total. The Morgan fingerprint density at radius 3 is 1.67 bits per heavy atom. The van der Waals surface area contributed by atoms with Gasteiger partial charge in [0.25, 0.3) is 0 Å². The van der Waals surface area contributed by atoms with Crippen LogP contribution in [0.1, 0.15) is 25.0 Å². The standard InChI is InChI=1S/C49H35N3/c1-49(2)42-24-13-12-21-38(42)39-23-14-22-37(47(39)49)34-25-27-45-40(29-34)41-30-35(26-28-46(41)52(45)36-19-10-5-11-20-36)44-31-43(32-15-6-3-7-16-32)50-48(51-44)33-17-8-4-9-18-33/h3-31H,1-2H3. The van der Waals surface area contributed by atoms with Crippen molar-refractivity contribution < 1.29 is 0 Å². The van der Waals surface area contributed by atoms with Crippen LogP contribution in [-0.2, 0) is 5.41 Å². The van der Waals surface area contributed by atoms with Crippen LogP contribution in [0.5, 0.6) is 0 Å². The van der Waals surface area contributed by atoms with Gasteiger partial charge in [-0.25, -0.2) is 9.97 Å². The van der Waals surface area contributed by atoms with Crippen LogP contribution in [0.3, 0.4) is 0 Å². The summed E-state index contributed by atoms with van der Waals surface area (Å²) >= 11 is 0. The maximum Gasteiger partial charge on any atom is 0.160 e. The highest BCUT2D eigenvalue weighted by molar-refractivity contribution is 6.12. The highest BCUT2D eigenvalue weighted by Crippen LogP contribution is 2.52. The molecule has 0 fully saturated rings. The van der Waals surface area contributed by atoms with E-state index in [9.17, 15) is 0 Å². The maximum atomic E-state index is 5.17. The number of hydrogen-bond donors (Lipinski definition) is 0. The third-order valence-corrected chi connectivity index (χ3v) is 10.8. The summed E-state index contributed by atoms with van der Waals surface area (Å²) in [4.78, 5) is 10.2.